The number of nitrogens with zero attached hydrogens (tertiary/aromatic N) is 3. The minimum Gasteiger partial charge on any atom is -0.312 e. The number of nitrogens with one attached hydrogen (secondary N) is 1. The molecular formula is C15H14N4O. The van der Waals surface area contributed by atoms with Gasteiger partial charge in [0.15, 0.2) is 5.82 Å². The third-order valence-corrected chi connectivity index (χ3v) is 3.15. The summed E-state index contributed by atoms with van der Waals surface area (Å²) in [6.45, 7) is 4.35. The van der Waals surface area contributed by atoms with E-state index in [1.165, 1.54) is 0 Å². The van der Waals surface area contributed by atoms with Crippen molar-refractivity contribution < 1.29 is 4.79 Å². The lowest BCUT2D eigenvalue weighted by molar-refractivity contribution is 0.246. The number of carbonyl (C=O) groups is 1. The van der Waals surface area contributed by atoms with Crippen molar-refractivity contribution in [1.29, 1.82) is 0 Å². The zero-order valence-corrected chi connectivity index (χ0v) is 10.9. The van der Waals surface area contributed by atoms with Gasteiger partial charge in [-0.2, -0.15) is 0 Å². The van der Waals surface area contributed by atoms with Crippen LogP contribution in [-0.2, 0) is 0 Å². The van der Waals surface area contributed by atoms with Crippen LogP contribution in [0.4, 0.5) is 10.5 Å². The van der Waals surface area contributed by atoms with Crippen molar-refractivity contribution in [3.8, 4) is 11.4 Å². The second-order valence-electron chi connectivity index (χ2n) is 4.57. The summed E-state index contributed by atoms with van der Waals surface area (Å²) in [4.78, 5) is 22.1. The largest absolute Gasteiger partial charge is 0.326 e. The van der Waals surface area contributed by atoms with E-state index in [2.05, 4.69) is 21.9 Å². The van der Waals surface area contributed by atoms with Crippen LogP contribution in [0.1, 0.15) is 6.42 Å². The molecule has 2 aromatic rings. The minimum atomic E-state index is -0.183. The van der Waals surface area contributed by atoms with Gasteiger partial charge >= 0.3 is 6.03 Å². The highest BCUT2D eigenvalue weighted by Crippen LogP contribution is 2.19. The standard InChI is InChI=1S/C15H14N4O/c1-11-7-8-19(15(20)18-11)13-9-16-14(17-10-13)12-5-3-2-4-6-12/h2-6,9-10H,1,7-8H2,(H,18,20). The van der Waals surface area contributed by atoms with Crippen molar-refractivity contribution in [2.24, 2.45) is 0 Å². The Hall–Kier alpha value is -2.69. The molecule has 1 fully saturated rings. The third-order valence-electron chi connectivity index (χ3n) is 3.15. The first-order valence-corrected chi connectivity index (χ1v) is 6.38. The lowest BCUT2D eigenvalue weighted by Crippen LogP contribution is -2.45. The Labute approximate surface area is 117 Å². The highest BCUT2D eigenvalue weighted by Gasteiger charge is 2.21. The van der Waals surface area contributed by atoms with E-state index in [-0.39, 0.29) is 6.03 Å². The molecule has 0 bridgehead atoms. The molecule has 0 atom stereocenters. The van der Waals surface area contributed by atoms with Crippen molar-refractivity contribution in [2.75, 3.05) is 11.4 Å². The molecule has 0 unspecified atom stereocenters. The Kier molecular flexibility index (Phi) is 3.16. The molecule has 0 spiro atoms. The van der Waals surface area contributed by atoms with Gasteiger partial charge in [0.2, 0.25) is 0 Å². The summed E-state index contributed by atoms with van der Waals surface area (Å²) >= 11 is 0. The Bertz CT molecular complexity index is 637. The summed E-state index contributed by atoms with van der Waals surface area (Å²) in [6, 6.07) is 9.55. The second-order valence-corrected chi connectivity index (χ2v) is 4.57. The van der Waals surface area contributed by atoms with Gasteiger partial charge in [-0.1, -0.05) is 36.9 Å². The molecule has 1 aliphatic rings. The molecule has 1 aromatic carbocycles. The van der Waals surface area contributed by atoms with Gasteiger partial charge in [0.05, 0.1) is 18.1 Å². The molecule has 100 valence electrons. The number of anilines is 1. The number of amides is 2. The van der Waals surface area contributed by atoms with Crippen LogP contribution in [0.25, 0.3) is 11.4 Å². The summed E-state index contributed by atoms with van der Waals surface area (Å²) in [5, 5.41) is 2.71. The van der Waals surface area contributed by atoms with Crippen LogP contribution < -0.4 is 10.2 Å². The van der Waals surface area contributed by atoms with Crippen LogP contribution in [0.2, 0.25) is 0 Å². The molecular weight excluding hydrogens is 252 g/mol. The van der Waals surface area contributed by atoms with Gasteiger partial charge in [-0.15, -0.1) is 0 Å². The number of rotatable bonds is 2. The number of benzene rings is 1. The first-order valence-electron chi connectivity index (χ1n) is 6.38. The van der Waals surface area contributed by atoms with Crippen LogP contribution in [0, 0.1) is 0 Å². The smallest absolute Gasteiger partial charge is 0.312 e. The number of urea groups is 1. The van der Waals surface area contributed by atoms with Crippen molar-refractivity contribution in [1.82, 2.24) is 15.3 Å². The fourth-order valence-electron chi connectivity index (χ4n) is 2.07. The molecule has 2 amide bonds. The first-order chi connectivity index (χ1) is 9.74. The Morgan fingerprint density at radius 3 is 2.50 bits per heavy atom. The van der Waals surface area contributed by atoms with Crippen molar-refractivity contribution in [2.45, 2.75) is 6.42 Å². The zero-order chi connectivity index (χ0) is 13.9. The quantitative estimate of drug-likeness (QED) is 0.908. The molecule has 1 aromatic heterocycles. The van der Waals surface area contributed by atoms with Crippen molar-refractivity contribution >= 4 is 11.7 Å². The first kappa shape index (κ1) is 12.3. The molecule has 3 rings (SSSR count). The van der Waals surface area contributed by atoms with Gasteiger partial charge in [0, 0.05) is 24.2 Å². The van der Waals surface area contributed by atoms with Gasteiger partial charge in [-0.25, -0.2) is 14.8 Å². The van der Waals surface area contributed by atoms with Crippen molar-refractivity contribution in [3.05, 3.63) is 55.0 Å². The van der Waals surface area contributed by atoms with Crippen LogP contribution in [-0.4, -0.2) is 22.5 Å². The van der Waals surface area contributed by atoms with E-state index in [0.717, 1.165) is 17.7 Å². The van der Waals surface area contributed by atoms with E-state index < -0.39 is 0 Å². The van der Waals surface area contributed by atoms with Crippen LogP contribution in [0.3, 0.4) is 0 Å². The molecule has 2 heterocycles. The summed E-state index contributed by atoms with van der Waals surface area (Å²) in [5.41, 5.74) is 2.39. The lowest BCUT2D eigenvalue weighted by Gasteiger charge is -2.28. The normalized spacial score (nSPS) is 15.1. The fraction of sp³-hybridized carbons (Fsp3) is 0.133. The van der Waals surface area contributed by atoms with Crippen LogP contribution in [0.15, 0.2) is 55.0 Å². The van der Waals surface area contributed by atoms with E-state index in [1.807, 2.05) is 30.3 Å². The van der Waals surface area contributed by atoms with E-state index in [1.54, 1.807) is 17.3 Å². The van der Waals surface area contributed by atoms with E-state index in [0.29, 0.717) is 18.1 Å². The lowest BCUT2D eigenvalue weighted by atomic mass is 10.2. The predicted octanol–water partition coefficient (Wildman–Crippen LogP) is 2.58. The Balaban J connectivity index is 1.83. The van der Waals surface area contributed by atoms with Crippen LogP contribution in [0.5, 0.6) is 0 Å². The number of hydrogen-bond donors (Lipinski definition) is 1. The molecule has 0 saturated carbocycles. The molecule has 1 N–H and O–H groups in total. The van der Waals surface area contributed by atoms with Gasteiger partial charge in [-0.3, -0.25) is 4.90 Å². The van der Waals surface area contributed by atoms with E-state index in [9.17, 15) is 4.79 Å². The predicted molar refractivity (Wildman–Crippen MR) is 77.1 cm³/mol. The Morgan fingerprint density at radius 1 is 1.15 bits per heavy atom. The second kappa shape index (κ2) is 5.13. The molecule has 0 aliphatic carbocycles. The average Bonchev–Trinajstić information content (AvgIpc) is 2.48. The summed E-state index contributed by atoms with van der Waals surface area (Å²) in [7, 11) is 0. The van der Waals surface area contributed by atoms with E-state index >= 15 is 0 Å². The summed E-state index contributed by atoms with van der Waals surface area (Å²) < 4.78 is 0. The third kappa shape index (κ3) is 2.38. The van der Waals surface area contributed by atoms with E-state index in [4.69, 9.17) is 0 Å². The number of carbonyl (C=O) groups excluding carboxylic acids is 1. The maximum absolute atomic E-state index is 11.9. The zero-order valence-electron chi connectivity index (χ0n) is 10.9. The molecule has 5 heteroatoms. The molecule has 1 saturated heterocycles. The molecule has 0 radical (unpaired) electrons. The number of hydrogen-bond acceptors (Lipinski definition) is 3. The molecule has 20 heavy (non-hydrogen) atoms. The van der Waals surface area contributed by atoms with Gasteiger partial charge in [0.25, 0.3) is 0 Å². The van der Waals surface area contributed by atoms with Gasteiger partial charge in [0.1, 0.15) is 0 Å². The molecule has 1 aliphatic heterocycles. The number of aromatic nitrogens is 2. The molecule has 5 nitrogen and oxygen atoms in total. The topological polar surface area (TPSA) is 58.1 Å². The average molecular weight is 266 g/mol. The highest BCUT2D eigenvalue weighted by atomic mass is 16.2. The maximum atomic E-state index is 11.9. The van der Waals surface area contributed by atoms with Crippen LogP contribution >= 0.6 is 0 Å². The fourth-order valence-corrected chi connectivity index (χ4v) is 2.07. The highest BCUT2D eigenvalue weighted by molar-refractivity contribution is 5.93. The minimum absolute atomic E-state index is 0.183. The maximum Gasteiger partial charge on any atom is 0.326 e. The summed E-state index contributed by atoms with van der Waals surface area (Å²) in [5.74, 6) is 0.649. The van der Waals surface area contributed by atoms with Gasteiger partial charge < -0.3 is 5.32 Å². The summed E-state index contributed by atoms with van der Waals surface area (Å²) in [6.07, 6.45) is 4.07. The SMILES string of the molecule is C=C1CCN(c2cnc(-c3ccccc3)nc2)C(=O)N1. The van der Waals surface area contributed by atoms with Gasteiger partial charge in [-0.05, 0) is 0 Å². The Morgan fingerprint density at radius 2 is 1.85 bits per heavy atom. The monoisotopic (exact) mass is 266 g/mol. The van der Waals surface area contributed by atoms with Crippen molar-refractivity contribution in [3.63, 3.8) is 0 Å².